The molecule has 36 heavy (non-hydrogen) atoms. The van der Waals surface area contributed by atoms with Crippen LogP contribution in [0.25, 0.3) is 0 Å². The molecule has 0 aliphatic carbocycles. The minimum atomic E-state index is -4.05. The van der Waals surface area contributed by atoms with E-state index >= 15 is 0 Å². The van der Waals surface area contributed by atoms with Gasteiger partial charge in [-0.05, 0) is 77.3 Å². The number of carbonyl (C=O) groups excluding carboxylic acids is 1. The predicted molar refractivity (Wildman–Crippen MR) is 143 cm³/mol. The number of hydrogen-bond acceptors (Lipinski definition) is 6. The summed E-state index contributed by atoms with van der Waals surface area (Å²) in [6, 6.07) is 17.0. The van der Waals surface area contributed by atoms with Crippen molar-refractivity contribution in [2.75, 3.05) is 38.7 Å². The van der Waals surface area contributed by atoms with Gasteiger partial charge in [0.15, 0.2) is 11.5 Å². The zero-order chi connectivity index (χ0) is 26.3. The van der Waals surface area contributed by atoms with Crippen LogP contribution in [0.2, 0.25) is 0 Å². The Morgan fingerprint density at radius 1 is 0.889 bits per heavy atom. The number of benzene rings is 3. The quantitative estimate of drug-likeness (QED) is 0.365. The van der Waals surface area contributed by atoms with Gasteiger partial charge in [-0.25, -0.2) is 8.42 Å². The van der Waals surface area contributed by atoms with Gasteiger partial charge < -0.3 is 19.5 Å². The molecule has 0 aliphatic heterocycles. The number of ether oxygens (including phenoxy) is 3. The zero-order valence-electron chi connectivity index (χ0n) is 20.6. The third-order valence-corrected chi connectivity index (χ3v) is 7.89. The van der Waals surface area contributed by atoms with Crippen molar-refractivity contribution in [3.8, 4) is 17.2 Å². The van der Waals surface area contributed by atoms with Gasteiger partial charge in [0.2, 0.25) is 5.91 Å². The van der Waals surface area contributed by atoms with Crippen LogP contribution in [0.3, 0.4) is 0 Å². The third kappa shape index (κ3) is 6.50. The minimum Gasteiger partial charge on any atom is -0.496 e. The molecule has 0 saturated carbocycles. The molecule has 0 aliphatic rings. The van der Waals surface area contributed by atoms with Crippen molar-refractivity contribution in [3.63, 3.8) is 0 Å². The fourth-order valence-electron chi connectivity index (χ4n) is 3.53. The first-order valence-electron chi connectivity index (χ1n) is 11.1. The van der Waals surface area contributed by atoms with Crippen molar-refractivity contribution >= 4 is 37.5 Å². The first-order chi connectivity index (χ1) is 17.2. The van der Waals surface area contributed by atoms with E-state index in [-0.39, 0.29) is 11.4 Å². The predicted octanol–water partition coefficient (Wildman–Crippen LogP) is 4.34. The van der Waals surface area contributed by atoms with Gasteiger partial charge in [-0.3, -0.25) is 9.10 Å². The lowest BCUT2D eigenvalue weighted by Gasteiger charge is -2.24. The fourth-order valence-corrected chi connectivity index (χ4v) is 5.67. The molecule has 0 heterocycles. The molecule has 1 amide bonds. The molecule has 0 fully saturated rings. The van der Waals surface area contributed by atoms with Gasteiger partial charge in [0.1, 0.15) is 12.3 Å². The molecule has 0 saturated heterocycles. The number of sulfonamides is 1. The zero-order valence-corrected chi connectivity index (χ0v) is 23.0. The number of nitrogens with one attached hydrogen (secondary N) is 1. The Kier molecular flexibility index (Phi) is 9.22. The molecule has 3 aromatic rings. The van der Waals surface area contributed by atoms with Crippen LogP contribution in [-0.4, -0.2) is 48.7 Å². The van der Waals surface area contributed by atoms with Gasteiger partial charge in [0, 0.05) is 6.54 Å². The number of nitrogens with zero attached hydrogens (tertiary/aromatic N) is 1. The van der Waals surface area contributed by atoms with Crippen LogP contribution >= 0.6 is 15.9 Å². The van der Waals surface area contributed by atoms with E-state index in [9.17, 15) is 13.2 Å². The number of amides is 1. The Bertz CT molecular complexity index is 1310. The number of anilines is 1. The molecule has 0 radical (unpaired) electrons. The van der Waals surface area contributed by atoms with Crippen LogP contribution in [0, 0.1) is 6.92 Å². The van der Waals surface area contributed by atoms with E-state index in [1.165, 1.54) is 19.2 Å². The van der Waals surface area contributed by atoms with Crippen LogP contribution < -0.4 is 23.8 Å². The molecule has 3 rings (SSSR count). The van der Waals surface area contributed by atoms with E-state index in [1.807, 2.05) is 19.1 Å². The largest absolute Gasteiger partial charge is 0.496 e. The van der Waals surface area contributed by atoms with E-state index in [0.717, 1.165) is 15.4 Å². The Hall–Kier alpha value is -3.24. The molecule has 0 unspecified atom stereocenters. The number of carbonyl (C=O) groups is 1. The molecule has 8 nitrogen and oxygen atoms in total. The SMILES string of the molecule is COc1ccc(S(=O)(=O)N(CC(=O)NCCc2ccc(OC)c(OC)c2)c2ccc(C)cc2)cc1Br. The molecule has 10 heteroatoms. The molecule has 3 aromatic carbocycles. The Morgan fingerprint density at radius 3 is 2.14 bits per heavy atom. The normalized spacial score (nSPS) is 11.0. The standard InChI is InChI=1S/C26H29BrN2O6S/c1-18-5-8-20(9-6-18)29(36(31,32)21-10-12-23(33-2)22(27)16-21)17-26(30)28-14-13-19-7-11-24(34-3)25(15-19)35-4/h5-12,15-16H,13-14,17H2,1-4H3,(H,28,30). The fraction of sp³-hybridized carbons (Fsp3) is 0.269. The van der Waals surface area contributed by atoms with Gasteiger partial charge in [0.05, 0.1) is 36.4 Å². The number of aryl methyl sites for hydroxylation is 1. The van der Waals surface area contributed by atoms with Crippen molar-refractivity contribution in [2.45, 2.75) is 18.2 Å². The van der Waals surface area contributed by atoms with Crippen LogP contribution in [0.15, 0.2) is 70.0 Å². The smallest absolute Gasteiger partial charge is 0.264 e. The summed E-state index contributed by atoms with van der Waals surface area (Å²) in [5.41, 5.74) is 2.31. The summed E-state index contributed by atoms with van der Waals surface area (Å²) in [5.74, 6) is 1.30. The summed E-state index contributed by atoms with van der Waals surface area (Å²) in [6.07, 6.45) is 0.537. The minimum absolute atomic E-state index is 0.0360. The molecule has 0 aromatic heterocycles. The number of hydrogen-bond donors (Lipinski definition) is 1. The number of methoxy groups -OCH3 is 3. The summed E-state index contributed by atoms with van der Waals surface area (Å²) >= 11 is 3.34. The van der Waals surface area contributed by atoms with Crippen molar-refractivity contribution < 1.29 is 27.4 Å². The lowest BCUT2D eigenvalue weighted by Crippen LogP contribution is -2.41. The second kappa shape index (κ2) is 12.1. The van der Waals surface area contributed by atoms with Crippen molar-refractivity contribution in [3.05, 3.63) is 76.3 Å². The number of rotatable bonds is 11. The monoisotopic (exact) mass is 576 g/mol. The Labute approximate surface area is 220 Å². The van der Waals surface area contributed by atoms with Gasteiger partial charge >= 0.3 is 0 Å². The molecular weight excluding hydrogens is 548 g/mol. The average Bonchev–Trinajstić information content (AvgIpc) is 2.87. The maximum absolute atomic E-state index is 13.6. The maximum Gasteiger partial charge on any atom is 0.264 e. The summed E-state index contributed by atoms with van der Waals surface area (Å²) in [6.45, 7) is 1.86. The Balaban J connectivity index is 1.78. The molecule has 0 bridgehead atoms. The first kappa shape index (κ1) is 27.3. The Morgan fingerprint density at radius 2 is 1.53 bits per heavy atom. The van der Waals surface area contributed by atoms with E-state index in [2.05, 4.69) is 21.2 Å². The molecule has 1 N–H and O–H groups in total. The van der Waals surface area contributed by atoms with Gasteiger partial charge in [-0.15, -0.1) is 0 Å². The summed E-state index contributed by atoms with van der Waals surface area (Å²) in [5, 5.41) is 2.82. The topological polar surface area (TPSA) is 94.2 Å². The highest BCUT2D eigenvalue weighted by Crippen LogP contribution is 2.31. The second-order valence-corrected chi connectivity index (χ2v) is 10.6. The van der Waals surface area contributed by atoms with Crippen LogP contribution in [-0.2, 0) is 21.2 Å². The van der Waals surface area contributed by atoms with E-state index < -0.39 is 15.9 Å². The molecule has 0 atom stereocenters. The van der Waals surface area contributed by atoms with Crippen LogP contribution in [0.5, 0.6) is 17.2 Å². The highest BCUT2D eigenvalue weighted by Gasteiger charge is 2.28. The summed E-state index contributed by atoms with van der Waals surface area (Å²) in [7, 11) is 0.578. The van der Waals surface area contributed by atoms with Crippen LogP contribution in [0.1, 0.15) is 11.1 Å². The number of halogens is 1. The highest BCUT2D eigenvalue weighted by atomic mass is 79.9. The molecule has 0 spiro atoms. The van der Waals surface area contributed by atoms with Crippen molar-refractivity contribution in [1.29, 1.82) is 0 Å². The van der Waals surface area contributed by atoms with Crippen LogP contribution in [0.4, 0.5) is 5.69 Å². The van der Waals surface area contributed by atoms with Crippen molar-refractivity contribution in [2.24, 2.45) is 0 Å². The van der Waals surface area contributed by atoms with E-state index in [1.54, 1.807) is 50.6 Å². The maximum atomic E-state index is 13.6. The summed E-state index contributed by atoms with van der Waals surface area (Å²) in [4.78, 5) is 12.9. The van der Waals surface area contributed by atoms with E-state index in [4.69, 9.17) is 14.2 Å². The van der Waals surface area contributed by atoms with Gasteiger partial charge in [0.25, 0.3) is 10.0 Å². The lowest BCUT2D eigenvalue weighted by atomic mass is 10.1. The van der Waals surface area contributed by atoms with E-state index in [0.29, 0.717) is 40.4 Å². The second-order valence-electron chi connectivity index (χ2n) is 7.93. The molecule has 192 valence electrons. The van der Waals surface area contributed by atoms with Gasteiger partial charge in [-0.1, -0.05) is 23.8 Å². The van der Waals surface area contributed by atoms with Crippen molar-refractivity contribution in [1.82, 2.24) is 5.32 Å². The third-order valence-electron chi connectivity index (χ3n) is 5.50. The lowest BCUT2D eigenvalue weighted by molar-refractivity contribution is -0.119. The summed E-state index contributed by atoms with van der Waals surface area (Å²) < 4.78 is 44.6. The van der Waals surface area contributed by atoms with Gasteiger partial charge in [-0.2, -0.15) is 0 Å². The first-order valence-corrected chi connectivity index (χ1v) is 13.3. The highest BCUT2D eigenvalue weighted by molar-refractivity contribution is 9.10. The molecular formula is C26H29BrN2O6S. The average molecular weight is 577 g/mol.